The molecule has 0 spiro atoms. The van der Waals surface area contributed by atoms with Crippen molar-refractivity contribution in [3.8, 4) is 11.4 Å². The Labute approximate surface area is 205 Å². The molecule has 0 saturated heterocycles. The average Bonchev–Trinajstić information content (AvgIpc) is 3.25. The Morgan fingerprint density at radius 1 is 1.31 bits per heavy atom. The van der Waals surface area contributed by atoms with Crippen LogP contribution in [0.1, 0.15) is 42.5 Å². The largest absolute Gasteiger partial charge is 0.446 e. The normalized spacial score (nSPS) is 14.7. The second kappa shape index (κ2) is 9.75. The zero-order valence-corrected chi connectivity index (χ0v) is 20.8. The smallest absolute Gasteiger partial charge is 0.315 e. The van der Waals surface area contributed by atoms with Crippen molar-refractivity contribution >= 4 is 31.0 Å². The third kappa shape index (κ3) is 3.98. The van der Waals surface area contributed by atoms with Crippen LogP contribution < -0.4 is 10.9 Å². The lowest BCUT2D eigenvalue weighted by Gasteiger charge is -2.31. The molecule has 1 aromatic carbocycles. The van der Waals surface area contributed by atoms with Gasteiger partial charge in [-0.15, -0.1) is 0 Å². The third-order valence-electron chi connectivity index (χ3n) is 6.95. The zero-order valence-electron chi connectivity index (χ0n) is 20.8. The third-order valence-corrected chi connectivity index (χ3v) is 6.95. The molecule has 4 rings (SSSR count). The van der Waals surface area contributed by atoms with Gasteiger partial charge >= 0.3 is 5.97 Å². The second-order valence-electron chi connectivity index (χ2n) is 8.83. The van der Waals surface area contributed by atoms with Gasteiger partial charge in [-0.3, -0.25) is 14.4 Å². The Morgan fingerprint density at radius 3 is 2.69 bits per heavy atom. The number of methoxy groups -OCH3 is 1. The van der Waals surface area contributed by atoms with Gasteiger partial charge in [0.25, 0.3) is 5.56 Å². The molecule has 182 valence electrons. The van der Waals surface area contributed by atoms with Gasteiger partial charge in [0, 0.05) is 23.6 Å². The number of esters is 1. The summed E-state index contributed by atoms with van der Waals surface area (Å²) in [5, 5.41) is 3.90. The summed E-state index contributed by atoms with van der Waals surface area (Å²) >= 11 is 0. The zero-order chi connectivity index (χ0) is 25.3. The van der Waals surface area contributed by atoms with E-state index in [1.165, 1.54) is 7.11 Å². The number of hydrogen-bond acceptors (Lipinski definition) is 7. The topological polar surface area (TPSA) is 99.5 Å². The standard InChI is InChI=1S/C26H30BN3O5/c1-5-15-16-9-7-8-10-20(16)29-22-17(15)12-30-21(22)11-19(18(13-34-4)24(30)32)26(6-2,14-31)35-25(33)23(27)28-3/h7-11,14,23,28H,5-6,12-13,27H2,1-4H3. The van der Waals surface area contributed by atoms with Crippen molar-refractivity contribution in [2.75, 3.05) is 14.2 Å². The molecular formula is C26H30BN3O5. The number of hydrogen-bond donors (Lipinski definition) is 1. The van der Waals surface area contributed by atoms with Crippen LogP contribution in [0.3, 0.4) is 0 Å². The summed E-state index contributed by atoms with van der Waals surface area (Å²) in [6, 6.07) is 9.70. The Balaban J connectivity index is 2.00. The van der Waals surface area contributed by atoms with Crippen molar-refractivity contribution in [3.63, 3.8) is 0 Å². The van der Waals surface area contributed by atoms with E-state index in [1.807, 2.05) is 24.3 Å². The highest BCUT2D eigenvalue weighted by Gasteiger charge is 2.40. The average molecular weight is 475 g/mol. The predicted molar refractivity (Wildman–Crippen MR) is 136 cm³/mol. The Kier molecular flexibility index (Phi) is 6.92. The number of likely N-dealkylation sites (N-methyl/N-ethyl adjacent to an activating group) is 1. The summed E-state index contributed by atoms with van der Waals surface area (Å²) in [6.07, 6.45) is 1.56. The fourth-order valence-electron chi connectivity index (χ4n) is 4.84. The predicted octanol–water partition coefficient (Wildman–Crippen LogP) is 1.66. The minimum atomic E-state index is -1.63. The van der Waals surface area contributed by atoms with Gasteiger partial charge in [0.15, 0.2) is 11.9 Å². The Bertz CT molecular complexity index is 1370. The van der Waals surface area contributed by atoms with Gasteiger partial charge in [-0.1, -0.05) is 32.0 Å². The first-order valence-electron chi connectivity index (χ1n) is 11.9. The highest BCUT2D eigenvalue weighted by atomic mass is 16.6. The van der Waals surface area contributed by atoms with E-state index in [-0.39, 0.29) is 18.6 Å². The molecule has 0 amide bonds. The quantitative estimate of drug-likeness (QED) is 0.223. The second-order valence-corrected chi connectivity index (χ2v) is 8.83. The number of fused-ring (bicyclic) bond motifs is 4. The number of para-hydroxylation sites is 1. The molecule has 3 heterocycles. The van der Waals surface area contributed by atoms with Crippen molar-refractivity contribution in [1.29, 1.82) is 0 Å². The van der Waals surface area contributed by atoms with E-state index in [0.717, 1.165) is 28.5 Å². The fraction of sp³-hybridized carbons (Fsp3) is 0.385. The van der Waals surface area contributed by atoms with E-state index in [4.69, 9.17) is 14.5 Å². The molecular weight excluding hydrogens is 445 g/mol. The molecule has 8 nitrogen and oxygen atoms in total. The number of aromatic nitrogens is 2. The lowest BCUT2D eigenvalue weighted by Crippen LogP contribution is -2.44. The molecule has 3 aromatic rings. The molecule has 9 heteroatoms. The van der Waals surface area contributed by atoms with Crippen molar-refractivity contribution in [2.45, 2.75) is 51.4 Å². The molecule has 35 heavy (non-hydrogen) atoms. The van der Waals surface area contributed by atoms with Gasteiger partial charge in [-0.2, -0.15) is 0 Å². The number of aryl methyl sites for hydroxylation is 1. The minimum Gasteiger partial charge on any atom is -0.446 e. The van der Waals surface area contributed by atoms with Crippen molar-refractivity contribution in [1.82, 2.24) is 14.9 Å². The first kappa shape index (κ1) is 24.8. The Hall–Kier alpha value is -3.30. The van der Waals surface area contributed by atoms with Crippen LogP contribution in [0.4, 0.5) is 0 Å². The summed E-state index contributed by atoms with van der Waals surface area (Å²) < 4.78 is 12.8. The van der Waals surface area contributed by atoms with Crippen LogP contribution in [0.15, 0.2) is 35.1 Å². The number of carbonyl (C=O) groups excluding carboxylic acids is 2. The number of nitrogens with zero attached hydrogens (tertiary/aromatic N) is 2. The summed E-state index contributed by atoms with van der Waals surface area (Å²) in [4.78, 5) is 43.9. The molecule has 0 aliphatic carbocycles. The molecule has 0 radical (unpaired) electrons. The maximum absolute atomic E-state index is 13.8. The summed E-state index contributed by atoms with van der Waals surface area (Å²) in [7, 11) is 4.78. The minimum absolute atomic E-state index is 0.0183. The first-order valence-corrected chi connectivity index (χ1v) is 11.9. The molecule has 2 aromatic heterocycles. The van der Waals surface area contributed by atoms with Crippen LogP contribution in [-0.2, 0) is 44.2 Å². The summed E-state index contributed by atoms with van der Waals surface area (Å²) in [5.41, 5.74) is 3.05. The number of pyridine rings is 2. The summed E-state index contributed by atoms with van der Waals surface area (Å²) in [6.45, 7) is 4.21. The first-order chi connectivity index (χ1) is 16.8. The number of nitrogens with one attached hydrogen (secondary N) is 1. The van der Waals surface area contributed by atoms with Crippen molar-refractivity contribution in [2.24, 2.45) is 0 Å². The molecule has 0 fully saturated rings. The van der Waals surface area contributed by atoms with E-state index in [9.17, 15) is 14.4 Å². The molecule has 1 aliphatic rings. The van der Waals surface area contributed by atoms with Gasteiger partial charge in [-0.05, 0) is 37.6 Å². The molecule has 0 saturated carbocycles. The lowest BCUT2D eigenvalue weighted by atomic mass is 9.87. The maximum Gasteiger partial charge on any atom is 0.315 e. The van der Waals surface area contributed by atoms with Crippen LogP contribution in [0.2, 0.25) is 0 Å². The van der Waals surface area contributed by atoms with Crippen LogP contribution in [0, 0.1) is 0 Å². The number of aldehydes is 1. The van der Waals surface area contributed by atoms with Crippen LogP contribution in [-0.4, -0.2) is 49.8 Å². The van der Waals surface area contributed by atoms with Crippen LogP contribution >= 0.6 is 0 Å². The van der Waals surface area contributed by atoms with Gasteiger partial charge < -0.3 is 19.4 Å². The molecule has 1 N–H and O–H groups in total. The van der Waals surface area contributed by atoms with Gasteiger partial charge in [0.2, 0.25) is 0 Å². The van der Waals surface area contributed by atoms with Gasteiger partial charge in [0.05, 0.1) is 41.6 Å². The number of ether oxygens (including phenoxy) is 2. The molecule has 2 atom stereocenters. The van der Waals surface area contributed by atoms with Crippen LogP contribution in [0.5, 0.6) is 0 Å². The van der Waals surface area contributed by atoms with Crippen LogP contribution in [0.25, 0.3) is 22.3 Å². The van der Waals surface area contributed by atoms with E-state index < -0.39 is 17.5 Å². The number of carbonyl (C=O) groups is 2. The van der Waals surface area contributed by atoms with E-state index in [1.54, 1.807) is 32.5 Å². The maximum atomic E-state index is 13.8. The molecule has 2 unspecified atom stereocenters. The van der Waals surface area contributed by atoms with Gasteiger partial charge in [-0.25, -0.2) is 4.98 Å². The highest BCUT2D eigenvalue weighted by Crippen LogP contribution is 2.39. The number of benzene rings is 1. The Morgan fingerprint density at radius 2 is 2.06 bits per heavy atom. The van der Waals surface area contributed by atoms with E-state index in [0.29, 0.717) is 35.3 Å². The molecule has 0 bridgehead atoms. The van der Waals surface area contributed by atoms with E-state index in [2.05, 4.69) is 12.2 Å². The summed E-state index contributed by atoms with van der Waals surface area (Å²) in [5.74, 6) is -1.20. The van der Waals surface area contributed by atoms with Gasteiger partial charge in [0.1, 0.15) is 7.85 Å². The monoisotopic (exact) mass is 475 g/mol. The SMILES string of the molecule is BC(NC)C(=O)OC(C=O)(CC)c1cc2n(c(=O)c1COC)Cc1c-2nc2ccccc2c1CC. The lowest BCUT2D eigenvalue weighted by molar-refractivity contribution is -0.164. The fourth-order valence-corrected chi connectivity index (χ4v) is 4.84. The van der Waals surface area contributed by atoms with Crippen molar-refractivity contribution < 1.29 is 19.1 Å². The highest BCUT2D eigenvalue weighted by molar-refractivity contribution is 6.22. The van der Waals surface area contributed by atoms with E-state index >= 15 is 0 Å². The van der Waals surface area contributed by atoms with Crippen molar-refractivity contribution in [3.05, 3.63) is 62.9 Å². The number of rotatable bonds is 9. The molecule has 1 aliphatic heterocycles.